The van der Waals surface area contributed by atoms with Gasteiger partial charge in [0.2, 0.25) is 0 Å². The zero-order valence-electron chi connectivity index (χ0n) is 15.5. The molecule has 1 aromatic carbocycles. The Bertz CT molecular complexity index is 618. The summed E-state index contributed by atoms with van der Waals surface area (Å²) < 4.78 is 5.99. The molecule has 0 amide bonds. The van der Waals surface area contributed by atoms with Crippen LogP contribution in [0.5, 0.6) is 0 Å². The fourth-order valence-electron chi connectivity index (χ4n) is 3.81. The van der Waals surface area contributed by atoms with Crippen molar-refractivity contribution in [2.45, 2.75) is 71.2 Å². The van der Waals surface area contributed by atoms with Crippen LogP contribution in [0, 0.1) is 10.8 Å². The van der Waals surface area contributed by atoms with E-state index in [4.69, 9.17) is 4.98 Å². The Labute approximate surface area is 149 Å². The molecule has 0 radical (unpaired) electrons. The first-order valence-corrected chi connectivity index (χ1v) is 9.89. The first-order valence-electron chi connectivity index (χ1n) is 8.26. The molecule has 0 aliphatic heterocycles. The maximum absolute atomic E-state index is 4.69. The van der Waals surface area contributed by atoms with Crippen LogP contribution < -0.4 is 4.72 Å². The Kier molecular flexibility index (Phi) is 5.49. The van der Waals surface area contributed by atoms with E-state index in [2.05, 4.69) is 71.4 Å². The van der Waals surface area contributed by atoms with Gasteiger partial charge in [0, 0.05) is 5.54 Å². The van der Waals surface area contributed by atoms with Gasteiger partial charge >= 0.3 is 0 Å². The Morgan fingerprint density at radius 3 is 2.26 bits per heavy atom. The van der Waals surface area contributed by atoms with Crippen molar-refractivity contribution < 1.29 is 0 Å². The molecule has 2 aromatic rings. The molecule has 23 heavy (non-hydrogen) atoms. The number of fused-ring (bicyclic) bond motifs is 1. The van der Waals surface area contributed by atoms with Gasteiger partial charge in [-0.3, -0.25) is 4.72 Å². The van der Waals surface area contributed by atoms with Crippen LogP contribution in [0.1, 0.15) is 61.3 Å². The van der Waals surface area contributed by atoms with Crippen molar-refractivity contribution in [1.82, 2.24) is 9.71 Å². The molecular weight excluding hydrogens is 320 g/mol. The Hall–Kier alpha value is -0.580. The van der Waals surface area contributed by atoms with Crippen LogP contribution in [0.2, 0.25) is 0 Å². The Morgan fingerprint density at radius 1 is 1.00 bits per heavy atom. The molecule has 128 valence electrons. The highest BCUT2D eigenvalue weighted by molar-refractivity contribution is 7.99. The summed E-state index contributed by atoms with van der Waals surface area (Å²) in [5.74, 6) is 0. The third kappa shape index (κ3) is 6.09. The standard InChI is InChI=1S/C19H30N2S2/c1-17(2,3)12-18(4,5)13-19(6,7)21-23-16-20-14-10-8-9-11-15(14)22-16/h8-11,21H,12-13H2,1-7H3. The first kappa shape index (κ1) is 18.8. The second-order valence-corrected chi connectivity index (χ2v) is 11.2. The van der Waals surface area contributed by atoms with Crippen molar-refractivity contribution >= 4 is 33.5 Å². The van der Waals surface area contributed by atoms with E-state index in [0.717, 1.165) is 16.3 Å². The maximum Gasteiger partial charge on any atom is 0.166 e. The van der Waals surface area contributed by atoms with Crippen LogP contribution in [0.15, 0.2) is 28.6 Å². The molecule has 4 heteroatoms. The first-order chi connectivity index (χ1) is 10.5. The molecule has 2 rings (SSSR count). The highest BCUT2D eigenvalue weighted by Crippen LogP contribution is 2.40. The minimum Gasteiger partial charge on any atom is -0.252 e. The lowest BCUT2D eigenvalue weighted by molar-refractivity contribution is 0.163. The number of rotatable bonds is 6. The van der Waals surface area contributed by atoms with Crippen LogP contribution in [0.4, 0.5) is 0 Å². The molecule has 0 aliphatic carbocycles. The van der Waals surface area contributed by atoms with Crippen molar-refractivity contribution in [2.24, 2.45) is 10.8 Å². The van der Waals surface area contributed by atoms with E-state index in [1.165, 1.54) is 11.1 Å². The number of para-hydroxylation sites is 1. The van der Waals surface area contributed by atoms with Gasteiger partial charge in [0.1, 0.15) is 0 Å². The predicted molar refractivity (Wildman–Crippen MR) is 105 cm³/mol. The molecule has 0 unspecified atom stereocenters. The van der Waals surface area contributed by atoms with Gasteiger partial charge in [0.05, 0.1) is 10.2 Å². The maximum atomic E-state index is 4.69. The van der Waals surface area contributed by atoms with E-state index in [9.17, 15) is 0 Å². The van der Waals surface area contributed by atoms with E-state index in [1.54, 1.807) is 23.3 Å². The summed E-state index contributed by atoms with van der Waals surface area (Å²) in [7, 11) is 0. The lowest BCUT2D eigenvalue weighted by Crippen LogP contribution is -2.40. The third-order valence-corrected chi connectivity index (χ3v) is 5.87. The van der Waals surface area contributed by atoms with Crippen molar-refractivity contribution in [3.05, 3.63) is 24.3 Å². The number of hydrogen-bond donors (Lipinski definition) is 1. The smallest absolute Gasteiger partial charge is 0.166 e. The van der Waals surface area contributed by atoms with Gasteiger partial charge < -0.3 is 0 Å². The number of hydrogen-bond acceptors (Lipinski definition) is 4. The highest BCUT2D eigenvalue weighted by atomic mass is 32.2. The van der Waals surface area contributed by atoms with Crippen molar-refractivity contribution in [1.29, 1.82) is 0 Å². The van der Waals surface area contributed by atoms with Crippen molar-refractivity contribution in [3.8, 4) is 0 Å². The Balaban J connectivity index is 1.97. The summed E-state index contributed by atoms with van der Waals surface area (Å²) in [6.07, 6.45) is 2.35. The highest BCUT2D eigenvalue weighted by Gasteiger charge is 2.32. The number of benzene rings is 1. The molecule has 2 nitrogen and oxygen atoms in total. The summed E-state index contributed by atoms with van der Waals surface area (Å²) in [6.45, 7) is 16.3. The minimum atomic E-state index is 0.0667. The van der Waals surface area contributed by atoms with Gasteiger partial charge in [-0.1, -0.05) is 46.8 Å². The molecule has 0 saturated carbocycles. The van der Waals surface area contributed by atoms with Gasteiger partial charge in [0.25, 0.3) is 0 Å². The van der Waals surface area contributed by atoms with E-state index in [1.807, 2.05) is 6.07 Å². The zero-order chi connectivity index (χ0) is 17.3. The molecule has 0 fully saturated rings. The van der Waals surface area contributed by atoms with E-state index >= 15 is 0 Å². The average Bonchev–Trinajstić information content (AvgIpc) is 2.74. The quantitative estimate of drug-likeness (QED) is 0.600. The summed E-state index contributed by atoms with van der Waals surface area (Å²) in [6, 6.07) is 8.33. The minimum absolute atomic E-state index is 0.0667. The van der Waals surface area contributed by atoms with Gasteiger partial charge in [-0.25, -0.2) is 4.98 Å². The number of nitrogens with zero attached hydrogens (tertiary/aromatic N) is 1. The molecule has 0 bridgehead atoms. The van der Waals surface area contributed by atoms with Crippen LogP contribution in [-0.4, -0.2) is 10.5 Å². The molecule has 0 aliphatic rings. The number of aromatic nitrogens is 1. The molecule has 0 saturated heterocycles. The zero-order valence-corrected chi connectivity index (χ0v) is 17.1. The molecular formula is C19H30N2S2. The second kappa shape index (κ2) is 6.73. The summed E-state index contributed by atoms with van der Waals surface area (Å²) in [4.78, 5) is 4.69. The van der Waals surface area contributed by atoms with Gasteiger partial charge in [-0.2, -0.15) is 0 Å². The average molecular weight is 351 g/mol. The lowest BCUT2D eigenvalue weighted by atomic mass is 9.71. The number of thiazole rings is 1. The van der Waals surface area contributed by atoms with E-state index in [-0.39, 0.29) is 5.54 Å². The van der Waals surface area contributed by atoms with E-state index < -0.39 is 0 Å². The molecule has 0 atom stereocenters. The van der Waals surface area contributed by atoms with E-state index in [0.29, 0.717) is 10.8 Å². The fraction of sp³-hybridized carbons (Fsp3) is 0.632. The molecule has 0 spiro atoms. The van der Waals surface area contributed by atoms with Gasteiger partial charge in [-0.15, -0.1) is 11.3 Å². The Morgan fingerprint density at radius 2 is 1.65 bits per heavy atom. The normalized spacial score (nSPS) is 13.7. The third-order valence-electron chi connectivity index (χ3n) is 3.62. The van der Waals surface area contributed by atoms with Gasteiger partial charge in [0.15, 0.2) is 4.34 Å². The second-order valence-electron chi connectivity index (χ2n) is 9.11. The van der Waals surface area contributed by atoms with Crippen LogP contribution >= 0.6 is 23.3 Å². The van der Waals surface area contributed by atoms with Crippen molar-refractivity contribution in [2.75, 3.05) is 0 Å². The topological polar surface area (TPSA) is 24.9 Å². The lowest BCUT2D eigenvalue weighted by Gasteiger charge is -2.39. The van der Waals surface area contributed by atoms with Crippen LogP contribution in [0.25, 0.3) is 10.2 Å². The number of nitrogens with one attached hydrogen (secondary N) is 1. The predicted octanol–water partition coefficient (Wildman–Crippen LogP) is 6.52. The van der Waals surface area contributed by atoms with Gasteiger partial charge in [-0.05, 0) is 61.6 Å². The van der Waals surface area contributed by atoms with Crippen molar-refractivity contribution in [3.63, 3.8) is 0 Å². The molecule has 1 aromatic heterocycles. The monoisotopic (exact) mass is 350 g/mol. The summed E-state index contributed by atoms with van der Waals surface area (Å²) >= 11 is 3.42. The largest absolute Gasteiger partial charge is 0.252 e. The summed E-state index contributed by atoms with van der Waals surface area (Å²) in [5, 5.41) is 0. The fourth-order valence-corrected chi connectivity index (χ4v) is 5.64. The SMILES string of the molecule is CC(C)(C)CC(C)(C)CC(C)(C)NSc1nc2ccccc2s1. The van der Waals surface area contributed by atoms with Crippen LogP contribution in [0.3, 0.4) is 0 Å². The summed E-state index contributed by atoms with van der Waals surface area (Å²) in [5.41, 5.74) is 1.83. The molecule has 1 N–H and O–H groups in total. The molecule has 1 heterocycles. The van der Waals surface area contributed by atoms with Crippen LogP contribution in [-0.2, 0) is 0 Å².